The Morgan fingerprint density at radius 3 is 2.53 bits per heavy atom. The lowest BCUT2D eigenvalue weighted by atomic mass is 9.93. The Morgan fingerprint density at radius 2 is 1.95 bits per heavy atom. The largest absolute Gasteiger partial charge is 0.365 e. The summed E-state index contributed by atoms with van der Waals surface area (Å²) in [4.78, 5) is 2.53. The van der Waals surface area contributed by atoms with E-state index < -0.39 is 0 Å². The van der Waals surface area contributed by atoms with Gasteiger partial charge < -0.3 is 10.2 Å². The fourth-order valence-electron chi connectivity index (χ4n) is 2.79. The van der Waals surface area contributed by atoms with Gasteiger partial charge in [0.2, 0.25) is 0 Å². The van der Waals surface area contributed by atoms with E-state index in [1.807, 2.05) is 12.1 Å². The van der Waals surface area contributed by atoms with Crippen LogP contribution in [0, 0.1) is 11.8 Å². The molecule has 2 nitrogen and oxygen atoms in total. The van der Waals surface area contributed by atoms with Crippen molar-refractivity contribution in [3.05, 3.63) is 29.3 Å². The maximum Gasteiger partial charge on any atom is 0.0438 e. The number of nitrogens with one attached hydrogen (secondary N) is 1. The van der Waals surface area contributed by atoms with E-state index in [9.17, 15) is 0 Å². The van der Waals surface area contributed by atoms with E-state index in [4.69, 9.17) is 11.6 Å². The summed E-state index contributed by atoms with van der Waals surface area (Å²) in [5, 5.41) is 4.51. The first-order chi connectivity index (χ1) is 8.99. The van der Waals surface area contributed by atoms with Crippen LogP contribution in [0.2, 0.25) is 5.02 Å². The molecule has 1 aromatic carbocycles. The molecule has 2 atom stereocenters. The SMILES string of the molecule is CC(C)C1CN(c2cccc(Cl)c2)C(C(C)C)CN1. The van der Waals surface area contributed by atoms with Gasteiger partial charge in [-0.2, -0.15) is 0 Å². The van der Waals surface area contributed by atoms with Crippen LogP contribution in [0.1, 0.15) is 27.7 Å². The van der Waals surface area contributed by atoms with Crippen molar-refractivity contribution in [3.8, 4) is 0 Å². The van der Waals surface area contributed by atoms with E-state index in [1.165, 1.54) is 5.69 Å². The molecule has 0 spiro atoms. The average molecular weight is 281 g/mol. The molecule has 1 fully saturated rings. The van der Waals surface area contributed by atoms with Crippen molar-refractivity contribution in [2.45, 2.75) is 39.8 Å². The zero-order chi connectivity index (χ0) is 14.0. The normalized spacial score (nSPS) is 24.3. The molecule has 0 radical (unpaired) electrons. The summed E-state index contributed by atoms with van der Waals surface area (Å²) in [6.45, 7) is 11.3. The number of hydrogen-bond acceptors (Lipinski definition) is 2. The third-order valence-electron chi connectivity index (χ3n) is 4.10. The molecule has 0 bridgehead atoms. The molecule has 0 amide bonds. The molecule has 19 heavy (non-hydrogen) atoms. The van der Waals surface area contributed by atoms with Gasteiger partial charge in [-0.15, -0.1) is 0 Å². The van der Waals surface area contributed by atoms with Crippen molar-refractivity contribution in [3.63, 3.8) is 0 Å². The zero-order valence-electron chi connectivity index (χ0n) is 12.4. The van der Waals surface area contributed by atoms with E-state index in [0.717, 1.165) is 18.1 Å². The van der Waals surface area contributed by atoms with Crippen LogP contribution in [0.3, 0.4) is 0 Å². The Balaban J connectivity index is 2.25. The van der Waals surface area contributed by atoms with Crippen molar-refractivity contribution in [2.75, 3.05) is 18.0 Å². The smallest absolute Gasteiger partial charge is 0.0438 e. The van der Waals surface area contributed by atoms with Gasteiger partial charge in [0.1, 0.15) is 0 Å². The first kappa shape index (κ1) is 14.7. The number of nitrogens with zero attached hydrogens (tertiary/aromatic N) is 1. The lowest BCUT2D eigenvalue weighted by Crippen LogP contribution is -2.60. The Bertz CT molecular complexity index is 417. The standard InChI is InChI=1S/C16H25ClN2/c1-11(2)15-10-19(16(9-18-15)12(3)4)14-7-5-6-13(17)8-14/h5-8,11-12,15-16,18H,9-10H2,1-4H3. The molecule has 0 saturated carbocycles. The molecule has 0 aliphatic carbocycles. The van der Waals surface area contributed by atoms with E-state index in [2.05, 4.69) is 50.0 Å². The number of hydrogen-bond donors (Lipinski definition) is 1. The van der Waals surface area contributed by atoms with Gasteiger partial charge in [0.05, 0.1) is 0 Å². The van der Waals surface area contributed by atoms with E-state index in [0.29, 0.717) is 23.9 Å². The van der Waals surface area contributed by atoms with Crippen molar-refractivity contribution < 1.29 is 0 Å². The van der Waals surface area contributed by atoms with Crippen molar-refractivity contribution >= 4 is 17.3 Å². The molecule has 1 aromatic rings. The van der Waals surface area contributed by atoms with Crippen LogP contribution < -0.4 is 10.2 Å². The van der Waals surface area contributed by atoms with Crippen molar-refractivity contribution in [2.24, 2.45) is 11.8 Å². The Hall–Kier alpha value is -0.730. The second-order valence-electron chi connectivity index (χ2n) is 6.20. The van der Waals surface area contributed by atoms with Crippen LogP contribution in [0.25, 0.3) is 0 Å². The molecule has 2 unspecified atom stereocenters. The minimum Gasteiger partial charge on any atom is -0.365 e. The van der Waals surface area contributed by atoms with E-state index in [1.54, 1.807) is 0 Å². The fourth-order valence-corrected chi connectivity index (χ4v) is 2.97. The number of piperazine rings is 1. The second kappa shape index (κ2) is 6.15. The summed E-state index contributed by atoms with van der Waals surface area (Å²) in [6, 6.07) is 9.32. The molecule has 2 rings (SSSR count). The first-order valence-electron chi connectivity index (χ1n) is 7.24. The van der Waals surface area contributed by atoms with Gasteiger partial charge in [-0.3, -0.25) is 0 Å². The number of anilines is 1. The van der Waals surface area contributed by atoms with Crippen LogP contribution >= 0.6 is 11.6 Å². The maximum atomic E-state index is 6.15. The second-order valence-corrected chi connectivity index (χ2v) is 6.64. The van der Waals surface area contributed by atoms with Crippen molar-refractivity contribution in [1.82, 2.24) is 5.32 Å². The monoisotopic (exact) mass is 280 g/mol. The summed E-state index contributed by atoms with van der Waals surface area (Å²) in [5.41, 5.74) is 1.25. The molecule has 1 saturated heterocycles. The van der Waals surface area contributed by atoms with Gasteiger partial charge in [-0.1, -0.05) is 45.4 Å². The quantitative estimate of drug-likeness (QED) is 0.906. The van der Waals surface area contributed by atoms with E-state index in [-0.39, 0.29) is 0 Å². The van der Waals surface area contributed by atoms with E-state index >= 15 is 0 Å². The summed E-state index contributed by atoms with van der Waals surface area (Å²) >= 11 is 6.15. The fraction of sp³-hybridized carbons (Fsp3) is 0.625. The van der Waals surface area contributed by atoms with Crippen LogP contribution in [-0.4, -0.2) is 25.2 Å². The van der Waals surface area contributed by atoms with Crippen LogP contribution in [0.5, 0.6) is 0 Å². The highest BCUT2D eigenvalue weighted by Gasteiger charge is 2.31. The van der Waals surface area contributed by atoms with Crippen molar-refractivity contribution in [1.29, 1.82) is 0 Å². The lowest BCUT2D eigenvalue weighted by molar-refractivity contribution is 0.295. The summed E-state index contributed by atoms with van der Waals surface area (Å²) < 4.78 is 0. The Morgan fingerprint density at radius 1 is 1.21 bits per heavy atom. The van der Waals surface area contributed by atoms with Crippen LogP contribution in [0.4, 0.5) is 5.69 Å². The molecule has 1 aliphatic heterocycles. The van der Waals surface area contributed by atoms with Gasteiger partial charge in [0.25, 0.3) is 0 Å². The number of benzene rings is 1. The van der Waals surface area contributed by atoms with Gasteiger partial charge in [0, 0.05) is 35.9 Å². The predicted molar refractivity (Wildman–Crippen MR) is 84.1 cm³/mol. The van der Waals surface area contributed by atoms with Gasteiger partial charge in [0.15, 0.2) is 0 Å². The minimum absolute atomic E-state index is 0.536. The van der Waals surface area contributed by atoms with Crippen LogP contribution in [0.15, 0.2) is 24.3 Å². The predicted octanol–water partition coefficient (Wildman–Crippen LogP) is 3.80. The lowest BCUT2D eigenvalue weighted by Gasteiger charge is -2.45. The Labute approximate surface area is 122 Å². The minimum atomic E-state index is 0.536. The maximum absolute atomic E-state index is 6.15. The highest BCUT2D eigenvalue weighted by molar-refractivity contribution is 6.30. The molecule has 1 aliphatic rings. The molecule has 106 valence electrons. The Kier molecular flexibility index (Phi) is 4.75. The van der Waals surface area contributed by atoms with Crippen LogP contribution in [-0.2, 0) is 0 Å². The zero-order valence-corrected chi connectivity index (χ0v) is 13.1. The molecular weight excluding hydrogens is 256 g/mol. The third-order valence-corrected chi connectivity index (χ3v) is 4.33. The first-order valence-corrected chi connectivity index (χ1v) is 7.62. The molecule has 1 N–H and O–H groups in total. The molecular formula is C16H25ClN2. The highest BCUT2D eigenvalue weighted by atomic mass is 35.5. The summed E-state index contributed by atoms with van der Waals surface area (Å²) in [6.07, 6.45) is 0. The average Bonchev–Trinajstić information content (AvgIpc) is 2.37. The molecule has 0 aromatic heterocycles. The summed E-state index contributed by atoms with van der Waals surface area (Å²) in [7, 11) is 0. The topological polar surface area (TPSA) is 15.3 Å². The third kappa shape index (κ3) is 3.43. The van der Waals surface area contributed by atoms with Gasteiger partial charge in [-0.05, 0) is 30.0 Å². The molecule has 1 heterocycles. The highest BCUT2D eigenvalue weighted by Crippen LogP contribution is 2.27. The summed E-state index contributed by atoms with van der Waals surface area (Å²) in [5.74, 6) is 1.27. The van der Waals surface area contributed by atoms with Gasteiger partial charge in [-0.25, -0.2) is 0 Å². The number of halogens is 1. The number of rotatable bonds is 3. The van der Waals surface area contributed by atoms with Gasteiger partial charge >= 0.3 is 0 Å². The molecule has 3 heteroatoms.